The maximum Gasteiger partial charge on any atom is 0.123 e. The molecule has 110 valence electrons. The van der Waals surface area contributed by atoms with Crippen molar-refractivity contribution in [3.8, 4) is 5.75 Å². The Balaban J connectivity index is 1.71. The Hall–Kier alpha value is -0.290. The average Bonchev–Trinajstić information content (AvgIpc) is 2.89. The predicted molar refractivity (Wildman–Crippen MR) is 81.9 cm³/mol. The molecule has 0 amide bonds. The average molecular weight is 362 g/mol. The second-order valence-corrected chi connectivity index (χ2v) is 6.45. The van der Waals surface area contributed by atoms with Gasteiger partial charge in [0.1, 0.15) is 11.9 Å². The van der Waals surface area contributed by atoms with Crippen LogP contribution in [0.15, 0.2) is 18.2 Å². The zero-order valence-electron chi connectivity index (χ0n) is 11.2. The van der Waals surface area contributed by atoms with Gasteiger partial charge in [-0.2, -0.15) is 0 Å². The fourth-order valence-corrected chi connectivity index (χ4v) is 3.53. The van der Waals surface area contributed by atoms with Crippen molar-refractivity contribution in [2.24, 2.45) is 0 Å². The highest BCUT2D eigenvalue weighted by Gasteiger charge is 2.41. The van der Waals surface area contributed by atoms with Gasteiger partial charge in [0.25, 0.3) is 0 Å². The summed E-state index contributed by atoms with van der Waals surface area (Å²) < 4.78 is 17.6. The van der Waals surface area contributed by atoms with Crippen LogP contribution in [0.5, 0.6) is 5.75 Å². The Morgan fingerprint density at radius 1 is 1.40 bits per heavy atom. The van der Waals surface area contributed by atoms with Crippen molar-refractivity contribution < 1.29 is 14.2 Å². The largest absolute Gasteiger partial charge is 0.490 e. The van der Waals surface area contributed by atoms with Gasteiger partial charge in [0, 0.05) is 41.8 Å². The van der Waals surface area contributed by atoms with E-state index in [4.69, 9.17) is 25.8 Å². The number of benzene rings is 1. The molecule has 1 aromatic rings. The van der Waals surface area contributed by atoms with Crippen LogP contribution in [0.4, 0.5) is 0 Å². The molecule has 5 heteroatoms. The molecule has 2 unspecified atom stereocenters. The molecule has 1 spiro atoms. The number of alkyl halides is 1. The van der Waals surface area contributed by atoms with Crippen LogP contribution in [0.2, 0.25) is 5.02 Å². The molecule has 0 bridgehead atoms. The molecule has 0 aliphatic carbocycles. The summed E-state index contributed by atoms with van der Waals surface area (Å²) in [6.07, 6.45) is 2.98. The smallest absolute Gasteiger partial charge is 0.123 e. The second-order valence-electron chi connectivity index (χ2n) is 5.45. The summed E-state index contributed by atoms with van der Waals surface area (Å²) in [4.78, 5) is 0. The van der Waals surface area contributed by atoms with Gasteiger partial charge in [-0.3, -0.25) is 0 Å². The van der Waals surface area contributed by atoms with Crippen molar-refractivity contribution in [1.82, 2.24) is 0 Å². The van der Waals surface area contributed by atoms with Gasteiger partial charge in [-0.05, 0) is 18.2 Å². The molecule has 2 atom stereocenters. The van der Waals surface area contributed by atoms with Crippen molar-refractivity contribution in [1.29, 1.82) is 0 Å². The van der Waals surface area contributed by atoms with Crippen LogP contribution in [-0.2, 0) is 14.8 Å². The van der Waals surface area contributed by atoms with Gasteiger partial charge in [0.15, 0.2) is 0 Å². The van der Waals surface area contributed by atoms with Gasteiger partial charge < -0.3 is 14.2 Å². The number of halogens is 2. The van der Waals surface area contributed by atoms with E-state index < -0.39 is 0 Å². The normalized spacial score (nSPS) is 29.8. The van der Waals surface area contributed by atoms with Crippen LogP contribution in [-0.4, -0.2) is 31.5 Å². The number of hydrogen-bond donors (Lipinski definition) is 0. The molecule has 0 N–H and O–H groups in total. The molecular weight excluding hydrogens is 344 g/mol. The van der Waals surface area contributed by atoms with Crippen molar-refractivity contribution in [3.63, 3.8) is 0 Å². The Bertz CT molecular complexity index is 474. The van der Waals surface area contributed by atoms with Gasteiger partial charge in [-0.25, -0.2) is 0 Å². The van der Waals surface area contributed by atoms with E-state index >= 15 is 0 Å². The van der Waals surface area contributed by atoms with Crippen LogP contribution in [0.25, 0.3) is 0 Å². The van der Waals surface area contributed by atoms with E-state index in [-0.39, 0.29) is 11.7 Å². The lowest BCUT2D eigenvalue weighted by atomic mass is 9.91. The third-order valence-corrected chi connectivity index (χ3v) is 4.81. The van der Waals surface area contributed by atoms with Crippen molar-refractivity contribution in [2.45, 2.75) is 36.3 Å². The fourth-order valence-electron chi connectivity index (χ4n) is 2.89. The molecule has 2 aliphatic heterocycles. The SMILES string of the molecule is Clc1ccc(OC2CCOC3(CCOC3)C2)c(CBr)c1. The first-order chi connectivity index (χ1) is 9.71. The molecule has 3 nitrogen and oxygen atoms in total. The van der Waals surface area contributed by atoms with E-state index in [0.29, 0.717) is 6.61 Å². The number of rotatable bonds is 3. The number of ether oxygens (including phenoxy) is 3. The van der Waals surface area contributed by atoms with E-state index in [2.05, 4.69) is 15.9 Å². The maximum absolute atomic E-state index is 6.19. The van der Waals surface area contributed by atoms with E-state index in [1.807, 2.05) is 18.2 Å². The van der Waals surface area contributed by atoms with Gasteiger partial charge in [0.2, 0.25) is 0 Å². The minimum atomic E-state index is -0.121. The van der Waals surface area contributed by atoms with Crippen molar-refractivity contribution in [3.05, 3.63) is 28.8 Å². The molecule has 20 heavy (non-hydrogen) atoms. The predicted octanol–water partition coefficient (Wildman–Crippen LogP) is 3.95. The lowest BCUT2D eigenvalue weighted by Crippen LogP contribution is -2.44. The Morgan fingerprint density at radius 3 is 3.05 bits per heavy atom. The summed E-state index contributed by atoms with van der Waals surface area (Å²) in [6.45, 7) is 2.23. The zero-order valence-corrected chi connectivity index (χ0v) is 13.6. The molecule has 2 fully saturated rings. The minimum Gasteiger partial charge on any atom is -0.490 e. The lowest BCUT2D eigenvalue weighted by Gasteiger charge is -2.37. The Labute approximate surface area is 132 Å². The van der Waals surface area contributed by atoms with Crippen LogP contribution in [0.1, 0.15) is 24.8 Å². The minimum absolute atomic E-state index is 0.121. The van der Waals surface area contributed by atoms with E-state index in [0.717, 1.165) is 54.1 Å². The van der Waals surface area contributed by atoms with Crippen molar-refractivity contribution in [2.75, 3.05) is 19.8 Å². The quantitative estimate of drug-likeness (QED) is 0.763. The highest BCUT2D eigenvalue weighted by atomic mass is 79.9. The molecule has 1 aromatic carbocycles. The molecular formula is C15H18BrClO3. The van der Waals surface area contributed by atoms with Crippen LogP contribution < -0.4 is 4.74 Å². The molecule has 2 heterocycles. The highest BCUT2D eigenvalue weighted by Crippen LogP contribution is 2.35. The highest BCUT2D eigenvalue weighted by molar-refractivity contribution is 9.08. The van der Waals surface area contributed by atoms with Gasteiger partial charge in [-0.1, -0.05) is 27.5 Å². The number of hydrogen-bond acceptors (Lipinski definition) is 3. The van der Waals surface area contributed by atoms with Gasteiger partial charge in [0.05, 0.1) is 18.8 Å². The molecule has 2 aliphatic rings. The summed E-state index contributed by atoms with van der Waals surface area (Å²) in [6, 6.07) is 5.77. The summed E-state index contributed by atoms with van der Waals surface area (Å²) in [5.41, 5.74) is 0.963. The monoisotopic (exact) mass is 360 g/mol. The van der Waals surface area contributed by atoms with Gasteiger partial charge in [-0.15, -0.1) is 0 Å². The van der Waals surface area contributed by atoms with Crippen LogP contribution >= 0.6 is 27.5 Å². The summed E-state index contributed by atoms with van der Waals surface area (Å²) >= 11 is 9.51. The topological polar surface area (TPSA) is 27.7 Å². The molecule has 3 rings (SSSR count). The Kier molecular flexibility index (Phi) is 4.55. The molecule has 0 radical (unpaired) electrons. The summed E-state index contributed by atoms with van der Waals surface area (Å²) in [5, 5.41) is 1.47. The standard InChI is InChI=1S/C15H18BrClO3/c16-9-11-7-12(17)1-2-14(11)20-13-3-5-19-15(8-13)4-6-18-10-15/h1-2,7,13H,3-6,8-10H2. The summed E-state index contributed by atoms with van der Waals surface area (Å²) in [5.74, 6) is 0.909. The van der Waals surface area contributed by atoms with Crippen molar-refractivity contribution >= 4 is 27.5 Å². The van der Waals surface area contributed by atoms with E-state index in [9.17, 15) is 0 Å². The Morgan fingerprint density at radius 2 is 2.30 bits per heavy atom. The van der Waals surface area contributed by atoms with Crippen LogP contribution in [0.3, 0.4) is 0 Å². The fraction of sp³-hybridized carbons (Fsp3) is 0.600. The molecule has 0 aromatic heterocycles. The van der Waals surface area contributed by atoms with Crippen LogP contribution in [0, 0.1) is 0 Å². The lowest BCUT2D eigenvalue weighted by molar-refractivity contribution is -0.112. The summed E-state index contributed by atoms with van der Waals surface area (Å²) in [7, 11) is 0. The first-order valence-corrected chi connectivity index (χ1v) is 8.43. The third-order valence-electron chi connectivity index (χ3n) is 3.98. The molecule has 2 saturated heterocycles. The maximum atomic E-state index is 6.19. The first kappa shape index (κ1) is 14.6. The third kappa shape index (κ3) is 3.14. The zero-order chi connectivity index (χ0) is 14.0. The van der Waals surface area contributed by atoms with E-state index in [1.54, 1.807) is 0 Å². The van der Waals surface area contributed by atoms with E-state index in [1.165, 1.54) is 0 Å². The first-order valence-electron chi connectivity index (χ1n) is 6.93. The van der Waals surface area contributed by atoms with Gasteiger partial charge >= 0.3 is 0 Å². The molecule has 0 saturated carbocycles. The second kappa shape index (κ2) is 6.22.